The molecule has 0 aromatic heterocycles. The van der Waals surface area contributed by atoms with Gasteiger partial charge in [0.2, 0.25) is 0 Å². The molecule has 13 heavy (non-hydrogen) atoms. The number of benzene rings is 1. The van der Waals surface area contributed by atoms with Gasteiger partial charge in [-0.1, -0.05) is 0 Å². The van der Waals surface area contributed by atoms with Crippen molar-refractivity contribution in [1.82, 2.24) is 0 Å². The fourth-order valence-electron chi connectivity index (χ4n) is 0.869. The van der Waals surface area contributed by atoms with E-state index in [1.54, 1.807) is 0 Å². The summed E-state index contributed by atoms with van der Waals surface area (Å²) in [5, 5.41) is 0. The number of hydrogen-bond donors (Lipinski definition) is 0. The second kappa shape index (κ2) is 7.30. The Morgan fingerprint density at radius 2 is 2.00 bits per heavy atom. The summed E-state index contributed by atoms with van der Waals surface area (Å²) in [5.41, 5.74) is 1.15. The molecule has 0 saturated heterocycles. The van der Waals surface area contributed by atoms with Crippen molar-refractivity contribution in [3.05, 3.63) is 42.3 Å². The van der Waals surface area contributed by atoms with Crippen molar-refractivity contribution in [1.29, 1.82) is 0 Å². The fourth-order valence-corrected chi connectivity index (χ4v) is 1.40. The molecule has 0 radical (unpaired) electrons. The normalized spacial score (nSPS) is 8.38. The molecule has 0 N–H and O–H groups in total. The number of ether oxygens (including phenoxy) is 1. The van der Waals surface area contributed by atoms with Crippen molar-refractivity contribution in [2.24, 2.45) is 0 Å². The molecule has 64 valence electrons. The molecule has 1 aromatic rings. The summed E-state index contributed by atoms with van der Waals surface area (Å²) in [5.74, 6) is 0. The van der Waals surface area contributed by atoms with Crippen molar-refractivity contribution in [3.8, 4) is 0 Å². The van der Waals surface area contributed by atoms with E-state index in [9.17, 15) is 0 Å². The predicted molar refractivity (Wildman–Crippen MR) is 52.2 cm³/mol. The van der Waals surface area contributed by atoms with E-state index in [1.807, 2.05) is 43.7 Å². The molecule has 0 aliphatic rings. The van der Waals surface area contributed by atoms with Crippen LogP contribution in [0.3, 0.4) is 0 Å². The fraction of sp³-hybridized carbons (Fsp3) is 0.200. The Kier molecular flexibility index (Phi) is 7.23. The third kappa shape index (κ3) is 5.24. The van der Waals surface area contributed by atoms with Gasteiger partial charge in [-0.2, -0.15) is 0 Å². The molecule has 0 unspecified atom stereocenters. The Morgan fingerprint density at radius 3 is 2.54 bits per heavy atom. The molecule has 0 amide bonds. The topological polar surface area (TPSA) is 9.23 Å². The molecule has 0 fully saturated rings. The van der Waals surface area contributed by atoms with Gasteiger partial charge >= 0.3 is 99.6 Å². The molecule has 3 heteroatoms. The Bertz CT molecular complexity index is 248. The van der Waals surface area contributed by atoms with E-state index in [0.717, 1.165) is 10.2 Å². The maximum atomic E-state index is 5.25. The smallest absolute Gasteiger partial charge is 1.00 e. The molecule has 0 atom stereocenters. The van der Waals surface area contributed by atoms with Crippen LogP contribution in [0.1, 0.15) is 12.5 Å². The van der Waals surface area contributed by atoms with Crippen molar-refractivity contribution in [2.45, 2.75) is 6.92 Å². The molecule has 1 nitrogen and oxygen atoms in total. The minimum Gasteiger partial charge on any atom is 1.00 e. The Hall–Kier alpha value is -0.123. The van der Waals surface area contributed by atoms with E-state index in [-0.39, 0.29) is 18.9 Å². The summed E-state index contributed by atoms with van der Waals surface area (Å²) < 4.78 is 6.09. The zero-order valence-corrected chi connectivity index (χ0v) is 9.70. The predicted octanol–water partition coefficient (Wildman–Crippen LogP) is -1.42. The average molecular weight is 233 g/mol. The maximum absolute atomic E-state index is 5.25. The van der Waals surface area contributed by atoms with Crippen molar-refractivity contribution >= 4 is 20.2 Å². The Balaban J connectivity index is 0.00000144. The van der Waals surface area contributed by atoms with Crippen LogP contribution in [0.4, 0.5) is 0 Å². The van der Waals surface area contributed by atoms with Crippen molar-refractivity contribution in [3.63, 3.8) is 0 Å². The molecule has 0 spiro atoms. The van der Waals surface area contributed by atoms with Gasteiger partial charge in [0.05, 0.1) is 0 Å². The minimum absolute atomic E-state index is 0. The quantitative estimate of drug-likeness (QED) is 0.458. The first kappa shape index (κ1) is 12.9. The van der Waals surface area contributed by atoms with Crippen molar-refractivity contribution in [2.75, 3.05) is 6.61 Å². The van der Waals surface area contributed by atoms with Gasteiger partial charge in [0, 0.05) is 0 Å². The standard InChI is InChI=1S/C10H11OSe.Li/c1-2-11-10(12)8-9-6-4-3-5-7-9;/h3-8H,2H2,1H3;/q-1;+1. The molecule has 0 heterocycles. The van der Waals surface area contributed by atoms with Gasteiger partial charge in [-0.05, 0) is 0 Å². The largest absolute Gasteiger partial charge is 1.00 e. The van der Waals surface area contributed by atoms with Crippen LogP contribution in [0.25, 0.3) is 0 Å². The molecule has 0 saturated carbocycles. The zero-order valence-electron chi connectivity index (χ0n) is 7.99. The first-order valence-corrected chi connectivity index (χ1v) is 4.75. The first-order chi connectivity index (χ1) is 5.83. The van der Waals surface area contributed by atoms with Gasteiger partial charge in [-0.15, -0.1) is 0 Å². The van der Waals surface area contributed by atoms with Crippen LogP contribution in [0.5, 0.6) is 0 Å². The summed E-state index contributed by atoms with van der Waals surface area (Å²) in [6, 6.07) is 10.1. The SMILES string of the molecule is CCOC(=[Se])[CH-]c1ccccc1.[Li+]. The van der Waals surface area contributed by atoms with Crippen LogP contribution in [-0.4, -0.2) is 26.8 Å². The van der Waals surface area contributed by atoms with E-state index in [2.05, 4.69) is 15.6 Å². The molecule has 1 rings (SSSR count). The van der Waals surface area contributed by atoms with Gasteiger partial charge in [-0.25, -0.2) is 0 Å². The summed E-state index contributed by atoms with van der Waals surface area (Å²) in [6.07, 6.45) is 1.98. The van der Waals surface area contributed by atoms with Gasteiger partial charge in [0.15, 0.2) is 0 Å². The van der Waals surface area contributed by atoms with Crippen LogP contribution < -0.4 is 18.9 Å². The van der Waals surface area contributed by atoms with Crippen LogP contribution in [-0.2, 0) is 4.74 Å². The van der Waals surface area contributed by atoms with Gasteiger partial charge in [0.1, 0.15) is 0 Å². The summed E-state index contributed by atoms with van der Waals surface area (Å²) >= 11 is 2.87. The Morgan fingerprint density at radius 1 is 1.38 bits per heavy atom. The average Bonchev–Trinajstić information content (AvgIpc) is 2.06. The van der Waals surface area contributed by atoms with E-state index in [1.165, 1.54) is 0 Å². The van der Waals surface area contributed by atoms with E-state index < -0.39 is 0 Å². The van der Waals surface area contributed by atoms with Gasteiger partial charge in [-0.3, -0.25) is 0 Å². The molecular formula is C10H11LiOSe. The molecule has 1 aromatic carbocycles. The summed E-state index contributed by atoms with van der Waals surface area (Å²) in [6.45, 7) is 2.67. The number of hydrogen-bond acceptors (Lipinski definition) is 1. The third-order valence-corrected chi connectivity index (χ3v) is 1.87. The van der Waals surface area contributed by atoms with E-state index in [0.29, 0.717) is 6.61 Å². The molecule has 0 aliphatic carbocycles. The second-order valence-electron chi connectivity index (χ2n) is 2.31. The third-order valence-electron chi connectivity index (χ3n) is 1.37. The Labute approximate surface area is 99.4 Å². The molecule has 0 aliphatic heterocycles. The van der Waals surface area contributed by atoms with Crippen LogP contribution in [0.2, 0.25) is 0 Å². The maximum Gasteiger partial charge on any atom is 1.00 e. The van der Waals surface area contributed by atoms with Crippen LogP contribution in [0, 0.1) is 6.42 Å². The van der Waals surface area contributed by atoms with Gasteiger partial charge < -0.3 is 0 Å². The minimum atomic E-state index is 0. The van der Waals surface area contributed by atoms with Crippen LogP contribution >= 0.6 is 0 Å². The molecule has 0 bridgehead atoms. The first-order valence-electron chi connectivity index (χ1n) is 3.89. The zero-order chi connectivity index (χ0) is 8.81. The van der Waals surface area contributed by atoms with E-state index >= 15 is 0 Å². The summed E-state index contributed by atoms with van der Waals surface area (Å²) in [7, 11) is 0. The number of rotatable bonds is 4. The second-order valence-corrected chi connectivity index (χ2v) is 3.15. The van der Waals surface area contributed by atoms with E-state index in [4.69, 9.17) is 4.74 Å². The monoisotopic (exact) mass is 234 g/mol. The van der Waals surface area contributed by atoms with Crippen LogP contribution in [0.15, 0.2) is 30.3 Å². The summed E-state index contributed by atoms with van der Waals surface area (Å²) in [4.78, 5) is 0. The van der Waals surface area contributed by atoms with Crippen molar-refractivity contribution < 1.29 is 23.6 Å². The van der Waals surface area contributed by atoms with Gasteiger partial charge in [0.25, 0.3) is 0 Å². The molecular weight excluding hydrogens is 222 g/mol.